The maximum atomic E-state index is 12.0. The van der Waals surface area contributed by atoms with E-state index in [9.17, 15) is 9.90 Å². The maximum Gasteiger partial charge on any atom is 0.163 e. The zero-order chi connectivity index (χ0) is 17.8. The van der Waals surface area contributed by atoms with Gasteiger partial charge in [-0.2, -0.15) is 5.10 Å². The van der Waals surface area contributed by atoms with Crippen molar-refractivity contribution in [3.63, 3.8) is 0 Å². The topological polar surface area (TPSA) is 67.2 Å². The molecule has 1 aromatic heterocycles. The number of carbonyl (C=O) groups excluding carboxylic acids is 1. The Morgan fingerprint density at radius 2 is 1.96 bits per heavy atom. The van der Waals surface area contributed by atoms with Crippen molar-refractivity contribution < 1.29 is 9.90 Å². The van der Waals surface area contributed by atoms with Crippen molar-refractivity contribution in [1.29, 1.82) is 0 Å². The SMILES string of the molecule is CC(=O)c1c(C)nn([C@@H]2c3ccccc3C3(CCNCC3)[C@H]2O)c1C. The number of rotatable bonds is 2. The van der Waals surface area contributed by atoms with Crippen molar-refractivity contribution in [2.45, 2.75) is 51.2 Å². The van der Waals surface area contributed by atoms with E-state index in [1.165, 1.54) is 5.56 Å². The number of hydrogen-bond acceptors (Lipinski definition) is 4. The average molecular weight is 339 g/mol. The molecule has 0 bridgehead atoms. The molecular weight excluding hydrogens is 314 g/mol. The van der Waals surface area contributed by atoms with Gasteiger partial charge >= 0.3 is 0 Å². The fourth-order valence-corrected chi connectivity index (χ4v) is 4.99. The zero-order valence-electron chi connectivity index (χ0n) is 15.0. The number of nitrogens with zero attached hydrogens (tertiary/aromatic N) is 2. The van der Waals surface area contributed by atoms with E-state index in [1.54, 1.807) is 6.92 Å². The third-order valence-electron chi connectivity index (χ3n) is 6.12. The van der Waals surface area contributed by atoms with Crippen molar-refractivity contribution in [1.82, 2.24) is 15.1 Å². The smallest absolute Gasteiger partial charge is 0.163 e. The van der Waals surface area contributed by atoms with Crippen LogP contribution in [0.15, 0.2) is 24.3 Å². The molecule has 0 amide bonds. The molecule has 2 N–H and O–H groups in total. The van der Waals surface area contributed by atoms with E-state index in [0.29, 0.717) is 5.56 Å². The Labute approximate surface area is 148 Å². The number of aryl methyl sites for hydroxylation is 1. The minimum Gasteiger partial charge on any atom is -0.390 e. The summed E-state index contributed by atoms with van der Waals surface area (Å²) in [5.74, 6) is 0.0265. The van der Waals surface area contributed by atoms with Gasteiger partial charge in [0, 0.05) is 11.1 Å². The maximum absolute atomic E-state index is 12.0. The van der Waals surface area contributed by atoms with Crippen LogP contribution in [-0.2, 0) is 5.41 Å². The van der Waals surface area contributed by atoms with Gasteiger partial charge in [0.05, 0.1) is 17.4 Å². The Hall–Kier alpha value is -1.98. The lowest BCUT2D eigenvalue weighted by Crippen LogP contribution is -2.47. The molecule has 1 aliphatic heterocycles. The largest absolute Gasteiger partial charge is 0.390 e. The van der Waals surface area contributed by atoms with Crippen LogP contribution >= 0.6 is 0 Å². The molecule has 1 spiro atoms. The van der Waals surface area contributed by atoms with Crippen LogP contribution in [-0.4, -0.2) is 39.9 Å². The Bertz CT molecular complexity index is 833. The van der Waals surface area contributed by atoms with Crippen molar-refractivity contribution in [3.05, 3.63) is 52.3 Å². The molecule has 132 valence electrons. The second-order valence-corrected chi connectivity index (χ2v) is 7.43. The number of nitrogens with one attached hydrogen (secondary N) is 1. The van der Waals surface area contributed by atoms with E-state index < -0.39 is 6.10 Å². The highest BCUT2D eigenvalue weighted by atomic mass is 16.3. The number of aromatic nitrogens is 2. The first kappa shape index (κ1) is 16.5. The quantitative estimate of drug-likeness (QED) is 0.824. The van der Waals surface area contributed by atoms with E-state index in [1.807, 2.05) is 24.6 Å². The van der Waals surface area contributed by atoms with Gasteiger partial charge in [0.25, 0.3) is 0 Å². The molecule has 1 fully saturated rings. The zero-order valence-corrected chi connectivity index (χ0v) is 15.0. The Balaban J connectivity index is 1.89. The number of hydrogen-bond donors (Lipinski definition) is 2. The fourth-order valence-electron chi connectivity index (χ4n) is 4.99. The standard InChI is InChI=1S/C20H25N3O2/c1-12-17(14(3)24)13(2)23(22-12)18-15-6-4-5-7-16(15)20(19(18)25)8-10-21-11-9-20/h4-7,18-19,21,25H,8-11H2,1-3H3/t18-,19+/m1/s1. The number of ketones is 1. The van der Waals surface area contributed by atoms with Crippen LogP contribution in [0.4, 0.5) is 0 Å². The molecule has 1 aromatic carbocycles. The van der Waals surface area contributed by atoms with E-state index in [2.05, 4.69) is 28.6 Å². The molecule has 25 heavy (non-hydrogen) atoms. The summed E-state index contributed by atoms with van der Waals surface area (Å²) in [6.45, 7) is 7.20. The molecule has 5 nitrogen and oxygen atoms in total. The van der Waals surface area contributed by atoms with E-state index in [-0.39, 0.29) is 17.2 Å². The molecule has 4 rings (SSSR count). The van der Waals surface area contributed by atoms with Gasteiger partial charge in [-0.25, -0.2) is 0 Å². The molecule has 1 saturated heterocycles. The van der Waals surface area contributed by atoms with Gasteiger partial charge in [0.15, 0.2) is 5.78 Å². The van der Waals surface area contributed by atoms with E-state index in [4.69, 9.17) is 0 Å². The van der Waals surface area contributed by atoms with Gasteiger partial charge < -0.3 is 10.4 Å². The van der Waals surface area contributed by atoms with Gasteiger partial charge in [-0.15, -0.1) is 0 Å². The Kier molecular flexibility index (Phi) is 3.81. The molecule has 2 aliphatic rings. The molecule has 5 heteroatoms. The highest BCUT2D eigenvalue weighted by Gasteiger charge is 2.53. The van der Waals surface area contributed by atoms with Gasteiger partial charge in [0.1, 0.15) is 6.04 Å². The summed E-state index contributed by atoms with van der Waals surface area (Å²) in [7, 11) is 0. The van der Waals surface area contributed by atoms with Gasteiger partial charge in [-0.3, -0.25) is 9.48 Å². The highest BCUT2D eigenvalue weighted by molar-refractivity contribution is 5.96. The third-order valence-corrected chi connectivity index (χ3v) is 6.12. The number of piperidine rings is 1. The Morgan fingerprint density at radius 1 is 1.28 bits per heavy atom. The lowest BCUT2D eigenvalue weighted by atomic mass is 9.72. The number of benzene rings is 1. The predicted molar refractivity (Wildman–Crippen MR) is 96.1 cm³/mol. The summed E-state index contributed by atoms with van der Waals surface area (Å²) in [5.41, 5.74) is 4.41. The van der Waals surface area contributed by atoms with Crippen LogP contribution in [0.25, 0.3) is 0 Å². The molecule has 0 unspecified atom stereocenters. The number of carbonyl (C=O) groups is 1. The lowest BCUT2D eigenvalue weighted by molar-refractivity contribution is 0.0419. The first-order valence-corrected chi connectivity index (χ1v) is 9.02. The van der Waals surface area contributed by atoms with Crippen molar-refractivity contribution in [3.8, 4) is 0 Å². The molecule has 2 atom stereocenters. The van der Waals surface area contributed by atoms with Gasteiger partial charge in [0.2, 0.25) is 0 Å². The first-order chi connectivity index (χ1) is 12.0. The second kappa shape index (κ2) is 5.78. The summed E-state index contributed by atoms with van der Waals surface area (Å²) >= 11 is 0. The first-order valence-electron chi connectivity index (χ1n) is 9.02. The molecule has 2 aromatic rings. The van der Waals surface area contributed by atoms with Gasteiger partial charge in [-0.1, -0.05) is 24.3 Å². The minimum atomic E-state index is -0.537. The summed E-state index contributed by atoms with van der Waals surface area (Å²) in [5, 5.41) is 19.5. The number of aliphatic hydroxyl groups excluding tert-OH is 1. The fraction of sp³-hybridized carbons (Fsp3) is 0.500. The number of Topliss-reactive ketones (excluding diaryl/α,β-unsaturated/α-hetero) is 1. The normalized spacial score (nSPS) is 24.5. The summed E-state index contributed by atoms with van der Waals surface area (Å²) < 4.78 is 1.88. The van der Waals surface area contributed by atoms with Gasteiger partial charge in [-0.05, 0) is 57.8 Å². The summed E-state index contributed by atoms with van der Waals surface area (Å²) in [4.78, 5) is 12.0. The second-order valence-electron chi connectivity index (χ2n) is 7.43. The highest BCUT2D eigenvalue weighted by Crippen LogP contribution is 2.51. The number of fused-ring (bicyclic) bond motifs is 2. The minimum absolute atomic E-state index is 0.0265. The summed E-state index contributed by atoms with van der Waals surface area (Å²) in [6, 6.07) is 8.10. The number of aliphatic hydroxyl groups is 1. The predicted octanol–water partition coefficient (Wildman–Crippen LogP) is 2.29. The summed E-state index contributed by atoms with van der Waals surface area (Å²) in [6.07, 6.45) is 1.30. The van der Waals surface area contributed by atoms with Crippen LogP contribution in [0.1, 0.15) is 58.7 Å². The van der Waals surface area contributed by atoms with Crippen LogP contribution in [0.2, 0.25) is 0 Å². The molecule has 0 radical (unpaired) electrons. The van der Waals surface area contributed by atoms with Crippen molar-refractivity contribution in [2.75, 3.05) is 13.1 Å². The van der Waals surface area contributed by atoms with Crippen LogP contribution in [0, 0.1) is 13.8 Å². The van der Waals surface area contributed by atoms with Crippen LogP contribution < -0.4 is 5.32 Å². The molecule has 2 heterocycles. The molecule has 1 aliphatic carbocycles. The molecule has 0 saturated carbocycles. The molecular formula is C20H25N3O2. The van der Waals surface area contributed by atoms with Crippen LogP contribution in [0.5, 0.6) is 0 Å². The monoisotopic (exact) mass is 339 g/mol. The Morgan fingerprint density at radius 3 is 2.60 bits per heavy atom. The van der Waals surface area contributed by atoms with E-state index in [0.717, 1.165) is 42.9 Å². The van der Waals surface area contributed by atoms with Crippen LogP contribution in [0.3, 0.4) is 0 Å². The van der Waals surface area contributed by atoms with Crippen molar-refractivity contribution in [2.24, 2.45) is 0 Å². The lowest BCUT2D eigenvalue weighted by Gasteiger charge is -2.39. The van der Waals surface area contributed by atoms with Crippen molar-refractivity contribution >= 4 is 5.78 Å². The van der Waals surface area contributed by atoms with E-state index >= 15 is 0 Å². The third kappa shape index (κ3) is 2.22. The average Bonchev–Trinajstić information content (AvgIpc) is 3.01.